The number of pyridine rings is 1. The fraction of sp³-hybridized carbons (Fsp3) is 0.0526. The minimum Gasteiger partial charge on any atom is -0.537 e. The van der Waals surface area contributed by atoms with Crippen molar-refractivity contribution in [1.29, 1.82) is 0 Å². The van der Waals surface area contributed by atoms with Gasteiger partial charge in [-0.3, -0.25) is 4.98 Å². The van der Waals surface area contributed by atoms with E-state index < -0.39 is 21.7 Å². The molecule has 144 valence electrons. The quantitative estimate of drug-likeness (QED) is 0.541. The summed E-state index contributed by atoms with van der Waals surface area (Å²) in [6.45, 7) is 1.67. The Kier molecular flexibility index (Phi) is 8.40. The van der Waals surface area contributed by atoms with Gasteiger partial charge in [0.25, 0.3) is 0 Å². The molecule has 0 aliphatic carbocycles. The first kappa shape index (κ1) is 24.4. The van der Waals surface area contributed by atoms with Gasteiger partial charge < -0.3 is 9.52 Å². The summed E-state index contributed by atoms with van der Waals surface area (Å²) in [6.07, 6.45) is 1.10. The molecule has 0 radical (unpaired) electrons. The third-order valence-electron chi connectivity index (χ3n) is 3.84. The van der Waals surface area contributed by atoms with Crippen molar-refractivity contribution in [2.24, 2.45) is 0 Å². The second kappa shape index (κ2) is 9.98. The maximum Gasteiger partial charge on any atom is 1.00 e. The Bertz CT molecular complexity index is 1190. The predicted octanol–water partition coefficient (Wildman–Crippen LogP) is 2.41. The number of aromatic nitrogens is 1. The molecule has 0 fully saturated rings. The van der Waals surface area contributed by atoms with Crippen LogP contribution >= 0.6 is 23.2 Å². The first-order valence-corrected chi connectivity index (χ1v) is 10.1. The van der Waals surface area contributed by atoms with Crippen molar-refractivity contribution in [3.63, 3.8) is 0 Å². The normalized spacial score (nSPS) is 10.9. The molecule has 0 N–H and O–H groups in total. The topological polar surface area (TPSA) is 78.2 Å². The van der Waals surface area contributed by atoms with Crippen molar-refractivity contribution >= 4 is 39.1 Å². The van der Waals surface area contributed by atoms with Gasteiger partial charge in [-0.05, 0) is 42.8 Å². The van der Waals surface area contributed by atoms with Crippen molar-refractivity contribution < 1.29 is 69.0 Å². The van der Waals surface area contributed by atoms with Crippen molar-refractivity contribution in [1.82, 2.24) is 4.98 Å². The molecule has 0 aliphatic rings. The van der Waals surface area contributed by atoms with Crippen molar-refractivity contribution in [2.45, 2.75) is 11.8 Å². The summed E-state index contributed by atoms with van der Waals surface area (Å²) in [4.78, 5) is 16.1. The molecule has 3 aromatic rings. The van der Waals surface area contributed by atoms with E-state index in [1.165, 1.54) is 6.07 Å². The molecular formula is C19H12Cl2FKN2O3S. The molecule has 0 saturated heterocycles. The number of carbonyl (C=O) groups is 1. The number of halogens is 3. The first-order valence-electron chi connectivity index (χ1n) is 7.88. The molecule has 0 atom stereocenters. The van der Waals surface area contributed by atoms with Gasteiger partial charge in [-0.2, -0.15) is 0 Å². The van der Waals surface area contributed by atoms with Crippen molar-refractivity contribution in [3.05, 3.63) is 86.4 Å². The van der Waals surface area contributed by atoms with Gasteiger partial charge in [-0.1, -0.05) is 41.4 Å². The number of rotatable bonds is 4. The average molecular weight is 477 g/mol. The summed E-state index contributed by atoms with van der Waals surface area (Å²) in [6, 6.07) is 11.3. The number of hydrogen-bond acceptors (Lipinski definition) is 4. The molecule has 0 spiro atoms. The average Bonchev–Trinajstić information content (AvgIpc) is 2.62. The van der Waals surface area contributed by atoms with E-state index in [4.69, 9.17) is 23.2 Å². The molecule has 1 aromatic heterocycles. The summed E-state index contributed by atoms with van der Waals surface area (Å²) in [5.74, 6) is -1.75. The molecule has 0 bridgehead atoms. The molecule has 0 aliphatic heterocycles. The van der Waals surface area contributed by atoms with Gasteiger partial charge in [0.2, 0.25) is 0 Å². The summed E-state index contributed by atoms with van der Waals surface area (Å²) >= 11 is 11.9. The number of carbonyl (C=O) groups excluding carboxylic acids is 1. The van der Waals surface area contributed by atoms with E-state index in [2.05, 4.69) is 9.71 Å². The smallest absolute Gasteiger partial charge is 0.537 e. The van der Waals surface area contributed by atoms with Gasteiger partial charge in [0.05, 0.1) is 21.5 Å². The van der Waals surface area contributed by atoms with E-state index in [-0.39, 0.29) is 66.9 Å². The van der Waals surface area contributed by atoms with Crippen LogP contribution in [-0.4, -0.2) is 19.3 Å². The van der Waals surface area contributed by atoms with Crippen LogP contribution in [0.2, 0.25) is 10.0 Å². The van der Waals surface area contributed by atoms with Gasteiger partial charge in [0, 0.05) is 22.3 Å². The zero-order valence-electron chi connectivity index (χ0n) is 15.4. The summed E-state index contributed by atoms with van der Waals surface area (Å²) in [7, 11) is -4.34. The Morgan fingerprint density at radius 3 is 2.38 bits per heavy atom. The molecule has 10 heteroatoms. The van der Waals surface area contributed by atoms with E-state index in [1.807, 2.05) is 0 Å². The zero-order chi connectivity index (χ0) is 20.5. The number of benzene rings is 2. The van der Waals surface area contributed by atoms with Crippen LogP contribution in [0.1, 0.15) is 15.9 Å². The van der Waals surface area contributed by atoms with Crippen LogP contribution in [0.15, 0.2) is 59.6 Å². The van der Waals surface area contributed by atoms with E-state index in [0.717, 1.165) is 24.4 Å². The zero-order valence-corrected chi connectivity index (χ0v) is 20.8. The van der Waals surface area contributed by atoms with Crippen LogP contribution in [0.25, 0.3) is 16.0 Å². The standard InChI is InChI=1S/C19H13Cl2FN2O3S.K/c1-11-8-13(10-23-18(11)14-4-2-3-5-16(14)20)28(26,27)24-19(25)15-7-6-12(22)9-17(15)21;/h2-10H,1H3,(H,24,25);/q;+1/p-1. The molecule has 1 amide bonds. The fourth-order valence-corrected chi connectivity index (χ4v) is 3.91. The van der Waals surface area contributed by atoms with Crippen LogP contribution in [0.5, 0.6) is 0 Å². The van der Waals surface area contributed by atoms with Gasteiger partial charge in [0.15, 0.2) is 0 Å². The van der Waals surface area contributed by atoms with Crippen LogP contribution in [0.3, 0.4) is 0 Å². The molecule has 1 heterocycles. The fourth-order valence-electron chi connectivity index (χ4n) is 2.50. The second-order valence-corrected chi connectivity index (χ2v) is 8.23. The maximum atomic E-state index is 13.1. The summed E-state index contributed by atoms with van der Waals surface area (Å²) in [5.41, 5.74) is 1.48. The van der Waals surface area contributed by atoms with Crippen LogP contribution in [0.4, 0.5) is 4.39 Å². The molecule has 5 nitrogen and oxygen atoms in total. The SMILES string of the molecule is Cc1cc(S(=O)(=O)[N-]C(=O)c2ccc(F)cc2Cl)cnc1-c1ccccc1Cl.[K+]. The summed E-state index contributed by atoms with van der Waals surface area (Å²) in [5, 5.41) is 0.242. The molecule has 3 rings (SSSR count). The predicted molar refractivity (Wildman–Crippen MR) is 106 cm³/mol. The Morgan fingerprint density at radius 2 is 1.76 bits per heavy atom. The molecular weight excluding hydrogens is 465 g/mol. The number of hydrogen-bond donors (Lipinski definition) is 0. The third-order valence-corrected chi connectivity index (χ3v) is 5.71. The number of aryl methyl sites for hydroxylation is 1. The number of sulfonamides is 1. The van der Waals surface area contributed by atoms with E-state index >= 15 is 0 Å². The largest absolute Gasteiger partial charge is 1.00 e. The molecule has 0 saturated carbocycles. The molecule has 0 unspecified atom stereocenters. The van der Waals surface area contributed by atoms with Crippen molar-refractivity contribution in [3.8, 4) is 11.3 Å². The molecule has 2 aromatic carbocycles. The number of nitrogens with zero attached hydrogens (tertiary/aromatic N) is 2. The van der Waals surface area contributed by atoms with Crippen LogP contribution in [0, 0.1) is 12.7 Å². The van der Waals surface area contributed by atoms with Crippen LogP contribution in [-0.2, 0) is 10.0 Å². The van der Waals surface area contributed by atoms with Crippen LogP contribution < -0.4 is 51.4 Å². The Hall–Kier alpha value is -0.844. The van der Waals surface area contributed by atoms with Gasteiger partial charge in [0.1, 0.15) is 15.8 Å². The summed E-state index contributed by atoms with van der Waals surface area (Å²) < 4.78 is 41.3. The van der Waals surface area contributed by atoms with Gasteiger partial charge >= 0.3 is 51.4 Å². The minimum absolute atomic E-state index is 0. The minimum atomic E-state index is -4.34. The van der Waals surface area contributed by atoms with E-state index in [0.29, 0.717) is 21.8 Å². The first-order chi connectivity index (χ1) is 13.2. The number of amides is 1. The van der Waals surface area contributed by atoms with Gasteiger partial charge in [-0.15, -0.1) is 0 Å². The monoisotopic (exact) mass is 476 g/mol. The Morgan fingerprint density at radius 1 is 1.07 bits per heavy atom. The van der Waals surface area contributed by atoms with E-state index in [9.17, 15) is 17.6 Å². The molecule has 29 heavy (non-hydrogen) atoms. The Labute approximate surface area is 220 Å². The van der Waals surface area contributed by atoms with Crippen molar-refractivity contribution in [2.75, 3.05) is 0 Å². The van der Waals surface area contributed by atoms with Gasteiger partial charge in [-0.25, -0.2) is 12.8 Å². The third kappa shape index (κ3) is 5.65. The maximum absolute atomic E-state index is 13.1. The Balaban J connectivity index is 0.00000300. The van der Waals surface area contributed by atoms with E-state index in [1.54, 1.807) is 31.2 Å². The second-order valence-electron chi connectivity index (χ2n) is 5.81.